The van der Waals surface area contributed by atoms with Crippen LogP contribution in [0.3, 0.4) is 0 Å². The molecule has 0 aliphatic heterocycles. The van der Waals surface area contributed by atoms with E-state index in [0.29, 0.717) is 0 Å². The minimum atomic E-state index is 0.764. The van der Waals surface area contributed by atoms with Crippen LogP contribution in [0, 0.1) is 41.7 Å². The molecular weight excluding hydrogens is 324 g/mol. The number of halogens is 1. The van der Waals surface area contributed by atoms with Crippen LogP contribution in [0.15, 0.2) is 91.0 Å². The topological polar surface area (TPSA) is 0 Å². The molecule has 0 saturated carbocycles. The Morgan fingerprint density at radius 2 is 0.680 bits per heavy atom. The van der Waals surface area contributed by atoms with Crippen LogP contribution in [0.5, 0.6) is 0 Å². The van der Waals surface area contributed by atoms with Gasteiger partial charge in [-0.25, -0.2) is 0 Å². The van der Waals surface area contributed by atoms with Gasteiger partial charge in [-0.05, 0) is 53.9 Å². The Labute approximate surface area is 149 Å². The van der Waals surface area contributed by atoms with Crippen LogP contribution in [0.1, 0.15) is 0 Å². The van der Waals surface area contributed by atoms with Gasteiger partial charge in [0.25, 0.3) is 0 Å². The van der Waals surface area contributed by atoms with Crippen molar-refractivity contribution in [3.63, 3.8) is 0 Å². The minimum Gasteiger partial charge on any atom is -0.0843 e. The molecule has 0 atom stereocenters. The van der Waals surface area contributed by atoms with Gasteiger partial charge in [0.2, 0.25) is 0 Å². The summed E-state index contributed by atoms with van der Waals surface area (Å²) in [6, 6.07) is 32.1. The van der Waals surface area contributed by atoms with Crippen molar-refractivity contribution in [1.29, 1.82) is 0 Å². The lowest BCUT2D eigenvalue weighted by molar-refractivity contribution is 1.29. The van der Waals surface area contributed by atoms with Crippen molar-refractivity contribution in [2.75, 3.05) is 0 Å². The monoisotopic (exact) mass is 338 g/mol. The molecule has 0 bridgehead atoms. The van der Waals surface area contributed by atoms with Crippen LogP contribution in [0.2, 0.25) is 5.02 Å². The Morgan fingerprint density at radius 1 is 0.360 bits per heavy atom. The van der Waals surface area contributed by atoms with Crippen LogP contribution in [-0.2, 0) is 0 Å². The van der Waals surface area contributed by atoms with Crippen molar-refractivity contribution >= 4 is 11.6 Å². The molecule has 0 spiro atoms. The average Bonchev–Trinajstić information content (AvgIpc) is 2.67. The molecule has 4 aromatic carbocycles. The van der Waals surface area contributed by atoms with E-state index in [1.54, 1.807) is 0 Å². The lowest BCUT2D eigenvalue weighted by Crippen LogP contribution is -1.89. The number of hydrogen-bond acceptors (Lipinski definition) is 0. The van der Waals surface area contributed by atoms with E-state index in [-0.39, 0.29) is 0 Å². The third-order valence-electron chi connectivity index (χ3n) is 4.92. The van der Waals surface area contributed by atoms with E-state index in [1.165, 1.54) is 41.7 Å². The Balaban J connectivity index is 2.46. The maximum Gasteiger partial charge on any atom is 0.0412 e. The maximum absolute atomic E-state index is 6.36. The van der Waals surface area contributed by atoms with Crippen LogP contribution in [-0.4, -0.2) is 0 Å². The minimum absolute atomic E-state index is 0.764. The zero-order chi connectivity index (χ0) is 16.8. The maximum atomic E-state index is 6.36. The van der Waals surface area contributed by atoms with Gasteiger partial charge in [-0.2, -0.15) is 0 Å². The highest BCUT2D eigenvalue weighted by molar-refractivity contribution is 6.30. The smallest absolute Gasteiger partial charge is 0.0412 e. The SMILES string of the molecule is Clc1ccc2/c(c1)=c1/cccc/c1=c1\cccc\c1=c1/cccc/c1=2. The fourth-order valence-corrected chi connectivity index (χ4v) is 4.00. The largest absolute Gasteiger partial charge is 0.0843 e. The van der Waals surface area contributed by atoms with Gasteiger partial charge in [0, 0.05) is 5.02 Å². The molecule has 25 heavy (non-hydrogen) atoms. The summed E-state index contributed by atoms with van der Waals surface area (Å²) in [6.45, 7) is 0. The Hall–Kier alpha value is -2.83. The molecule has 4 aromatic rings. The van der Waals surface area contributed by atoms with Gasteiger partial charge in [0.1, 0.15) is 0 Å². The molecule has 0 amide bonds. The second-order valence-electron chi connectivity index (χ2n) is 6.33. The molecule has 0 heterocycles. The van der Waals surface area contributed by atoms with Crippen LogP contribution >= 0.6 is 11.6 Å². The molecule has 0 nitrogen and oxygen atoms in total. The first-order valence-corrected chi connectivity index (χ1v) is 8.79. The van der Waals surface area contributed by atoms with Crippen molar-refractivity contribution in [2.24, 2.45) is 0 Å². The second kappa shape index (κ2) is 5.61. The van der Waals surface area contributed by atoms with E-state index in [4.69, 9.17) is 11.6 Å². The third-order valence-corrected chi connectivity index (χ3v) is 5.16. The highest BCUT2D eigenvalue weighted by atomic mass is 35.5. The van der Waals surface area contributed by atoms with E-state index in [1.807, 2.05) is 6.07 Å². The Kier molecular flexibility index (Phi) is 3.26. The van der Waals surface area contributed by atoms with Gasteiger partial charge in [-0.1, -0.05) is 90.5 Å². The first-order valence-electron chi connectivity index (χ1n) is 8.41. The van der Waals surface area contributed by atoms with Crippen LogP contribution in [0.25, 0.3) is 0 Å². The van der Waals surface area contributed by atoms with Gasteiger partial charge in [0.15, 0.2) is 0 Å². The number of hydrogen-bond donors (Lipinski definition) is 0. The summed E-state index contributed by atoms with van der Waals surface area (Å²) in [4.78, 5) is 0. The molecule has 1 aliphatic rings. The molecule has 0 unspecified atom stereocenters. The van der Waals surface area contributed by atoms with Gasteiger partial charge in [0.05, 0.1) is 0 Å². The Bertz CT molecular complexity index is 1500. The van der Waals surface area contributed by atoms with Crippen LogP contribution < -0.4 is 0 Å². The summed E-state index contributed by atoms with van der Waals surface area (Å²) in [5.41, 5.74) is 0. The van der Waals surface area contributed by atoms with Gasteiger partial charge >= 0.3 is 0 Å². The lowest BCUT2D eigenvalue weighted by atomic mass is 10.0. The van der Waals surface area contributed by atoms with Crippen molar-refractivity contribution in [1.82, 2.24) is 0 Å². The van der Waals surface area contributed by atoms with Gasteiger partial charge in [-0.3, -0.25) is 0 Å². The summed E-state index contributed by atoms with van der Waals surface area (Å²) in [5.74, 6) is 0. The molecule has 1 heteroatoms. The van der Waals surface area contributed by atoms with Crippen molar-refractivity contribution < 1.29 is 0 Å². The first-order chi connectivity index (χ1) is 12.3. The third kappa shape index (κ3) is 2.22. The summed E-state index contributed by atoms with van der Waals surface area (Å²) in [7, 11) is 0. The first kappa shape index (κ1) is 14.5. The second-order valence-corrected chi connectivity index (χ2v) is 6.76. The van der Waals surface area contributed by atoms with E-state index in [9.17, 15) is 0 Å². The summed E-state index contributed by atoms with van der Waals surface area (Å²) >= 11 is 6.36. The molecule has 0 fully saturated rings. The molecular formula is C24H15Cl. The molecule has 5 rings (SSSR count). The quantitative estimate of drug-likeness (QED) is 0.334. The zero-order valence-electron chi connectivity index (χ0n) is 13.5. The number of fused-ring (bicyclic) bond motifs is 4. The van der Waals surface area contributed by atoms with Gasteiger partial charge in [-0.15, -0.1) is 0 Å². The molecule has 0 aromatic heterocycles. The summed E-state index contributed by atoms with van der Waals surface area (Å²) in [5, 5.41) is 10.7. The van der Waals surface area contributed by atoms with Crippen molar-refractivity contribution in [2.45, 2.75) is 0 Å². The number of benzene rings is 4. The predicted molar refractivity (Wildman–Crippen MR) is 101 cm³/mol. The lowest BCUT2D eigenvalue weighted by Gasteiger charge is -2.02. The fourth-order valence-electron chi connectivity index (χ4n) is 3.83. The molecule has 0 saturated heterocycles. The fraction of sp³-hybridized carbons (Fsp3) is 0. The highest BCUT2D eigenvalue weighted by Crippen LogP contribution is 2.15. The summed E-state index contributed by atoms with van der Waals surface area (Å²) in [6.07, 6.45) is 0. The number of rotatable bonds is 0. The van der Waals surface area contributed by atoms with E-state index < -0.39 is 0 Å². The zero-order valence-corrected chi connectivity index (χ0v) is 14.3. The molecule has 1 aliphatic carbocycles. The molecule has 0 radical (unpaired) electrons. The normalized spacial score (nSPS) is 17.2. The predicted octanol–water partition coefficient (Wildman–Crippen LogP) is 5.80. The Morgan fingerprint density at radius 3 is 1.08 bits per heavy atom. The van der Waals surface area contributed by atoms with E-state index in [2.05, 4.69) is 84.9 Å². The molecule has 0 N–H and O–H groups in total. The molecule has 118 valence electrons. The van der Waals surface area contributed by atoms with E-state index >= 15 is 0 Å². The summed E-state index contributed by atoms with van der Waals surface area (Å²) < 4.78 is 0. The van der Waals surface area contributed by atoms with Gasteiger partial charge < -0.3 is 0 Å². The van der Waals surface area contributed by atoms with Crippen molar-refractivity contribution in [3.05, 3.63) is 138 Å². The highest BCUT2D eigenvalue weighted by Gasteiger charge is 2.00. The van der Waals surface area contributed by atoms with Crippen molar-refractivity contribution in [3.8, 4) is 0 Å². The van der Waals surface area contributed by atoms with Crippen LogP contribution in [0.4, 0.5) is 0 Å². The standard InChI is InChI=1S/C24H15Cl/c25-16-13-14-23-21-11-4-3-9-19(21)17-7-1-2-8-18(17)20-10-5-6-12-22(20)24(23)15-16/h1-15H/b19-17-,20-18-,23-21-,24-22-. The average molecular weight is 339 g/mol. The van der Waals surface area contributed by atoms with E-state index in [0.717, 1.165) is 5.02 Å².